The minimum Gasteiger partial charge on any atom is -0.457 e. The van der Waals surface area contributed by atoms with Gasteiger partial charge in [0.2, 0.25) is 5.82 Å². The normalized spacial score (nSPS) is 13.1. The minimum atomic E-state index is -2.21. The quantitative estimate of drug-likeness (QED) is 0.0777. The molecule has 384 valence electrons. The van der Waals surface area contributed by atoms with Gasteiger partial charge in [-0.2, -0.15) is 0 Å². The van der Waals surface area contributed by atoms with Gasteiger partial charge in [0.15, 0.2) is 23.3 Å². The van der Waals surface area contributed by atoms with E-state index in [0.717, 1.165) is 55.7 Å². The summed E-state index contributed by atoms with van der Waals surface area (Å²) in [4.78, 5) is 8.95. The Morgan fingerprint density at radius 1 is 0.520 bits per heavy atom. The molecule has 10 rings (SSSR count). The van der Waals surface area contributed by atoms with Gasteiger partial charge in [-0.15, -0.1) is 0 Å². The van der Waals surface area contributed by atoms with Gasteiger partial charge in [-0.1, -0.05) is 144 Å². The van der Waals surface area contributed by atoms with Gasteiger partial charge in [-0.3, -0.25) is 4.57 Å². The molecule has 2 aromatic heterocycles. The zero-order chi connectivity index (χ0) is 53.6. The van der Waals surface area contributed by atoms with Crippen LogP contribution in [0.3, 0.4) is 0 Å². The number of nitrogens with zero attached hydrogens (tertiary/aromatic N) is 4. The van der Waals surface area contributed by atoms with Crippen molar-refractivity contribution < 1.29 is 26.7 Å². The Morgan fingerprint density at radius 3 is 1.76 bits per heavy atom. The van der Waals surface area contributed by atoms with Crippen LogP contribution >= 0.6 is 0 Å². The maximum atomic E-state index is 16.0. The Hall–Kier alpha value is -7.46. The first-order chi connectivity index (χ1) is 35.5. The Labute approximate surface area is 437 Å². The molecule has 10 heteroatoms. The first kappa shape index (κ1) is 51.0. The van der Waals surface area contributed by atoms with Crippen LogP contribution < -0.4 is 14.5 Å². The van der Waals surface area contributed by atoms with Crippen LogP contribution in [0.25, 0.3) is 49.9 Å². The van der Waals surface area contributed by atoms with Crippen LogP contribution in [0.15, 0.2) is 134 Å². The lowest BCUT2D eigenvalue weighted by atomic mass is 9.81. The van der Waals surface area contributed by atoms with Gasteiger partial charge in [-0.25, -0.2) is 26.9 Å². The Balaban J connectivity index is 1.19. The number of ether oxygens (including phenoxy) is 1. The van der Waals surface area contributed by atoms with Crippen LogP contribution in [0.2, 0.25) is 0 Å². The molecule has 0 radical (unpaired) electrons. The second-order valence-corrected chi connectivity index (χ2v) is 22.9. The summed E-state index contributed by atoms with van der Waals surface area (Å²) in [7, 11) is 0. The number of hydrogen-bond donors (Lipinski definition) is 0. The third-order valence-corrected chi connectivity index (χ3v) is 14.7. The molecule has 3 heterocycles. The molecule has 0 aliphatic carbocycles. The molecule has 0 bridgehead atoms. The first-order valence-corrected chi connectivity index (χ1v) is 25.8. The van der Waals surface area contributed by atoms with Crippen LogP contribution in [0.1, 0.15) is 129 Å². The smallest absolute Gasteiger partial charge is 0.200 e. The maximum Gasteiger partial charge on any atom is 0.200 e. The summed E-state index contributed by atoms with van der Waals surface area (Å²) in [5.41, 5.74) is 10.2. The number of pyridine rings is 1. The second-order valence-electron chi connectivity index (χ2n) is 22.9. The summed E-state index contributed by atoms with van der Waals surface area (Å²) >= 11 is 0. The number of anilines is 4. The highest BCUT2D eigenvalue weighted by atomic mass is 19.2. The Bertz CT molecular complexity index is 3650. The van der Waals surface area contributed by atoms with E-state index in [4.69, 9.17) is 9.72 Å². The van der Waals surface area contributed by atoms with E-state index in [-0.39, 0.29) is 29.5 Å². The van der Waals surface area contributed by atoms with Gasteiger partial charge in [-0.05, 0) is 122 Å². The van der Waals surface area contributed by atoms with Crippen LogP contribution in [-0.4, -0.2) is 16.2 Å². The molecule has 0 unspecified atom stereocenters. The van der Waals surface area contributed by atoms with Crippen molar-refractivity contribution in [3.05, 3.63) is 190 Å². The largest absolute Gasteiger partial charge is 0.457 e. The van der Waals surface area contributed by atoms with Crippen molar-refractivity contribution in [2.24, 2.45) is 0 Å². The summed E-state index contributed by atoms with van der Waals surface area (Å²) < 4.78 is 86.3. The molecule has 5 nitrogen and oxygen atoms in total. The van der Waals surface area contributed by atoms with E-state index in [0.29, 0.717) is 34.4 Å². The van der Waals surface area contributed by atoms with Crippen molar-refractivity contribution in [1.29, 1.82) is 0 Å². The molecule has 1 aliphatic heterocycles. The predicted molar refractivity (Wildman–Crippen MR) is 297 cm³/mol. The van der Waals surface area contributed by atoms with E-state index in [2.05, 4.69) is 132 Å². The number of hydrogen-bond acceptors (Lipinski definition) is 4. The van der Waals surface area contributed by atoms with Gasteiger partial charge < -0.3 is 14.5 Å². The fourth-order valence-corrected chi connectivity index (χ4v) is 10.7. The van der Waals surface area contributed by atoms with Crippen molar-refractivity contribution in [3.8, 4) is 39.6 Å². The minimum absolute atomic E-state index is 0.101. The average Bonchev–Trinajstić information content (AvgIpc) is 3.93. The summed E-state index contributed by atoms with van der Waals surface area (Å²) in [5, 5.41) is 2.14. The van der Waals surface area contributed by atoms with Gasteiger partial charge in [0.05, 0.1) is 33.7 Å². The van der Waals surface area contributed by atoms with Gasteiger partial charge in [0.25, 0.3) is 0 Å². The number of benzene rings is 7. The molecule has 0 atom stereocenters. The third kappa shape index (κ3) is 8.99. The third-order valence-electron chi connectivity index (χ3n) is 14.7. The van der Waals surface area contributed by atoms with Crippen LogP contribution in [0.4, 0.5) is 44.7 Å². The zero-order valence-electron chi connectivity index (χ0n) is 44.7. The first-order valence-electron chi connectivity index (χ1n) is 25.8. The van der Waals surface area contributed by atoms with Crippen molar-refractivity contribution in [1.82, 2.24) is 9.55 Å². The molecular formula is C65H63F5N4O. The van der Waals surface area contributed by atoms with Crippen LogP contribution in [-0.2, 0) is 10.8 Å². The summed E-state index contributed by atoms with van der Waals surface area (Å²) in [5.74, 6) is -7.38. The Kier molecular flexibility index (Phi) is 13.0. The molecule has 75 heavy (non-hydrogen) atoms. The van der Waals surface area contributed by atoms with E-state index in [9.17, 15) is 4.39 Å². The number of para-hydroxylation sites is 4. The monoisotopic (exact) mass is 1010 g/mol. The fourth-order valence-electron chi connectivity index (χ4n) is 10.7. The lowest BCUT2D eigenvalue weighted by Crippen LogP contribution is -2.27. The molecule has 0 saturated heterocycles. The van der Waals surface area contributed by atoms with E-state index in [1.54, 1.807) is 6.07 Å². The van der Waals surface area contributed by atoms with Gasteiger partial charge in [0, 0.05) is 40.4 Å². The van der Waals surface area contributed by atoms with Crippen molar-refractivity contribution in [3.63, 3.8) is 0 Å². The lowest BCUT2D eigenvalue weighted by molar-refractivity contribution is 0.381. The van der Waals surface area contributed by atoms with Crippen LogP contribution in [0, 0.1) is 29.1 Å². The van der Waals surface area contributed by atoms with Gasteiger partial charge >= 0.3 is 0 Å². The molecule has 9 aromatic rings. The molecule has 0 saturated carbocycles. The standard InChI is InChI=1S/C65H63F5N4O/c1-36(2)39-30-48(37(3)4)56(49(31-39)38(5)6)40-28-42(33-44(29-40)75-43-24-25-46-45-18-13-14-21-51(45)74(54(46)34-43)55-32-41(26-27-71-55)64(7,8)9)72-35-73(53-23-16-15-22-52(53)72)63-47(19-17-20-50(63)65(10,11)12)57-58(66)60(68)62(70)61(69)59(57)67/h13-34,36-38H,35H2,1-12H3. The van der Waals surface area contributed by atoms with E-state index >= 15 is 17.6 Å². The number of halogens is 5. The molecule has 1 aliphatic rings. The average molecular weight is 1010 g/mol. The van der Waals surface area contributed by atoms with Crippen molar-refractivity contribution >= 4 is 44.6 Å². The second kappa shape index (κ2) is 19.0. The molecule has 0 fully saturated rings. The molecule has 0 amide bonds. The molecular weight excluding hydrogens is 948 g/mol. The van der Waals surface area contributed by atoms with Crippen LogP contribution in [0.5, 0.6) is 11.5 Å². The number of rotatable bonds is 10. The summed E-state index contributed by atoms with van der Waals surface area (Å²) in [6.45, 7) is 25.9. The maximum absolute atomic E-state index is 16.0. The number of aromatic nitrogens is 2. The van der Waals surface area contributed by atoms with E-state index in [1.807, 2.05) is 86.5 Å². The highest BCUT2D eigenvalue weighted by Crippen LogP contribution is 2.52. The molecule has 0 spiro atoms. The molecule has 7 aromatic carbocycles. The van der Waals surface area contributed by atoms with Gasteiger partial charge in [0.1, 0.15) is 24.0 Å². The topological polar surface area (TPSA) is 33.5 Å². The number of fused-ring (bicyclic) bond motifs is 4. The van der Waals surface area contributed by atoms with Crippen molar-refractivity contribution in [2.75, 3.05) is 16.5 Å². The van der Waals surface area contributed by atoms with E-state index < -0.39 is 40.1 Å². The zero-order valence-corrected chi connectivity index (χ0v) is 44.7. The lowest BCUT2D eigenvalue weighted by Gasteiger charge is -2.32. The predicted octanol–water partition coefficient (Wildman–Crippen LogP) is 19.2. The summed E-state index contributed by atoms with van der Waals surface area (Å²) in [6, 6.07) is 42.2. The summed E-state index contributed by atoms with van der Waals surface area (Å²) in [6.07, 6.45) is 1.87. The van der Waals surface area contributed by atoms with Crippen molar-refractivity contribution in [2.45, 2.75) is 112 Å². The highest BCUT2D eigenvalue weighted by Gasteiger charge is 2.37. The highest BCUT2D eigenvalue weighted by molar-refractivity contribution is 6.09. The van der Waals surface area contributed by atoms with E-state index in [1.165, 1.54) is 22.8 Å². The fraction of sp³-hybridized carbons (Fsp3) is 0.277. The SMILES string of the molecule is CC(C)c1cc(C(C)C)c(-c2cc(Oc3ccc4c5ccccc5n(-c5cc(C(C)(C)C)ccn5)c4c3)cc(N3CN(c4c(-c5c(F)c(F)c(F)c(F)c5F)cccc4C(C)(C)C)c4ccccc43)c2)c(C(C)C)c1. The molecule has 0 N–H and O–H groups in total. The Morgan fingerprint density at radius 2 is 1.13 bits per heavy atom.